The fraction of sp³-hybridized carbons (Fsp3) is 1.00. The van der Waals surface area contributed by atoms with Crippen LogP contribution >= 0.6 is 0 Å². The molecule has 1 nitrogen and oxygen atoms in total. The van der Waals surface area contributed by atoms with Gasteiger partial charge in [-0.3, -0.25) is 0 Å². The lowest BCUT2D eigenvalue weighted by Gasteiger charge is -2.34. The van der Waals surface area contributed by atoms with Crippen molar-refractivity contribution >= 4 is 0 Å². The second-order valence-corrected chi connectivity index (χ2v) is 6.46. The molecule has 0 heterocycles. The first kappa shape index (κ1) is 17.9. The van der Waals surface area contributed by atoms with Crippen LogP contribution in [0.5, 0.6) is 0 Å². The molecule has 1 N–H and O–H groups in total. The summed E-state index contributed by atoms with van der Waals surface area (Å²) in [6.07, 6.45) is 10.3. The van der Waals surface area contributed by atoms with E-state index in [1.54, 1.807) is 0 Å². The monoisotopic (exact) mass is 289 g/mol. The third-order valence-electron chi connectivity index (χ3n) is 4.61. The van der Waals surface area contributed by atoms with Gasteiger partial charge in [0.2, 0.25) is 5.92 Å². The van der Waals surface area contributed by atoms with Gasteiger partial charge in [0.25, 0.3) is 0 Å². The van der Waals surface area contributed by atoms with E-state index >= 15 is 0 Å². The molecule has 0 saturated heterocycles. The van der Waals surface area contributed by atoms with Crippen molar-refractivity contribution in [3.8, 4) is 0 Å². The first-order valence-electron chi connectivity index (χ1n) is 8.70. The number of unbranched alkanes of at least 4 members (excludes halogenated alkanes) is 4. The lowest BCUT2D eigenvalue weighted by atomic mass is 9.80. The van der Waals surface area contributed by atoms with Crippen LogP contribution in [0, 0.1) is 5.92 Å². The highest BCUT2D eigenvalue weighted by molar-refractivity contribution is 4.84. The molecule has 1 fully saturated rings. The molecule has 0 aromatic rings. The molecular formula is C17H33F2N. The number of nitrogens with one attached hydrogen (secondary N) is 1. The van der Waals surface area contributed by atoms with E-state index in [4.69, 9.17) is 0 Å². The second-order valence-electron chi connectivity index (χ2n) is 6.46. The van der Waals surface area contributed by atoms with Crippen molar-refractivity contribution in [2.45, 2.75) is 96.4 Å². The summed E-state index contributed by atoms with van der Waals surface area (Å²) in [5.41, 5.74) is 0. The lowest BCUT2D eigenvalue weighted by molar-refractivity contribution is -0.0499. The molecule has 0 aliphatic heterocycles. The van der Waals surface area contributed by atoms with Crippen LogP contribution in [0.1, 0.15) is 84.5 Å². The van der Waals surface area contributed by atoms with Crippen LogP contribution in [-0.4, -0.2) is 18.5 Å². The van der Waals surface area contributed by atoms with E-state index in [-0.39, 0.29) is 12.8 Å². The van der Waals surface area contributed by atoms with Crippen LogP contribution in [0.25, 0.3) is 0 Å². The number of hydrogen-bond acceptors (Lipinski definition) is 1. The van der Waals surface area contributed by atoms with Crippen LogP contribution < -0.4 is 5.32 Å². The number of alkyl halides is 2. The van der Waals surface area contributed by atoms with Crippen molar-refractivity contribution in [2.75, 3.05) is 6.54 Å². The van der Waals surface area contributed by atoms with E-state index in [2.05, 4.69) is 19.2 Å². The molecule has 20 heavy (non-hydrogen) atoms. The van der Waals surface area contributed by atoms with E-state index < -0.39 is 5.92 Å². The molecule has 3 heteroatoms. The third-order valence-corrected chi connectivity index (χ3v) is 4.61. The Hall–Kier alpha value is -0.180. The largest absolute Gasteiger partial charge is 0.314 e. The number of halogens is 2. The zero-order chi connectivity index (χ0) is 14.8. The van der Waals surface area contributed by atoms with Crippen LogP contribution in [0.3, 0.4) is 0 Å². The second kappa shape index (κ2) is 9.70. The quantitative estimate of drug-likeness (QED) is 0.521. The fourth-order valence-electron chi connectivity index (χ4n) is 3.27. The number of hydrogen-bond donors (Lipinski definition) is 1. The minimum Gasteiger partial charge on any atom is -0.314 e. The topological polar surface area (TPSA) is 12.0 Å². The van der Waals surface area contributed by atoms with E-state index in [9.17, 15) is 8.78 Å². The van der Waals surface area contributed by atoms with Crippen molar-refractivity contribution in [3.05, 3.63) is 0 Å². The molecule has 0 spiro atoms. The smallest absolute Gasteiger partial charge is 0.248 e. The first-order valence-corrected chi connectivity index (χ1v) is 8.70. The van der Waals surface area contributed by atoms with Gasteiger partial charge in [-0.2, -0.15) is 0 Å². The van der Waals surface area contributed by atoms with Gasteiger partial charge in [0.1, 0.15) is 0 Å². The normalized spacial score (nSPS) is 21.0. The molecule has 0 radical (unpaired) electrons. The van der Waals surface area contributed by atoms with Crippen LogP contribution in [0.15, 0.2) is 0 Å². The molecule has 1 aliphatic rings. The Labute approximate surface area is 123 Å². The summed E-state index contributed by atoms with van der Waals surface area (Å²) in [4.78, 5) is 0. The van der Waals surface area contributed by atoms with Gasteiger partial charge in [0.15, 0.2) is 0 Å². The molecule has 1 atom stereocenters. The fourth-order valence-corrected chi connectivity index (χ4v) is 3.27. The Morgan fingerprint density at radius 3 is 2.25 bits per heavy atom. The maximum atomic E-state index is 13.3. The third kappa shape index (κ3) is 7.01. The zero-order valence-electron chi connectivity index (χ0n) is 13.4. The Morgan fingerprint density at radius 1 is 1.00 bits per heavy atom. The summed E-state index contributed by atoms with van der Waals surface area (Å²) in [5, 5.41) is 3.61. The van der Waals surface area contributed by atoms with Crippen molar-refractivity contribution in [1.82, 2.24) is 5.32 Å². The van der Waals surface area contributed by atoms with Gasteiger partial charge < -0.3 is 5.32 Å². The van der Waals surface area contributed by atoms with E-state index in [0.29, 0.717) is 24.8 Å². The van der Waals surface area contributed by atoms with E-state index in [0.717, 1.165) is 13.0 Å². The summed E-state index contributed by atoms with van der Waals surface area (Å²) in [5.74, 6) is -1.93. The number of rotatable bonds is 10. The predicted molar refractivity (Wildman–Crippen MR) is 82.4 cm³/mol. The van der Waals surface area contributed by atoms with Crippen LogP contribution in [0.2, 0.25) is 0 Å². The van der Waals surface area contributed by atoms with Crippen molar-refractivity contribution in [2.24, 2.45) is 5.92 Å². The first-order chi connectivity index (χ1) is 9.59. The van der Waals surface area contributed by atoms with Crippen molar-refractivity contribution in [3.63, 3.8) is 0 Å². The molecule has 120 valence electrons. The molecule has 1 aliphatic carbocycles. The summed E-state index contributed by atoms with van der Waals surface area (Å²) in [7, 11) is 0. The zero-order valence-corrected chi connectivity index (χ0v) is 13.4. The Bertz CT molecular complexity index is 233. The van der Waals surface area contributed by atoms with Gasteiger partial charge in [-0.05, 0) is 38.1 Å². The highest BCUT2D eigenvalue weighted by atomic mass is 19.3. The lowest BCUT2D eigenvalue weighted by Crippen LogP contribution is -2.40. The van der Waals surface area contributed by atoms with Crippen molar-refractivity contribution in [1.29, 1.82) is 0 Å². The van der Waals surface area contributed by atoms with Gasteiger partial charge in [0, 0.05) is 18.9 Å². The minimum absolute atomic E-state index is 0.0950. The van der Waals surface area contributed by atoms with E-state index in [1.807, 2.05) is 0 Å². The predicted octanol–water partition coefficient (Wildman–Crippen LogP) is 5.54. The molecule has 0 aromatic heterocycles. The average Bonchev–Trinajstić information content (AvgIpc) is 2.42. The Kier molecular flexibility index (Phi) is 8.67. The van der Waals surface area contributed by atoms with Gasteiger partial charge in [-0.25, -0.2) is 8.78 Å². The SMILES string of the molecule is CCCCCCCC(NCCC)C1CCC(F)(F)CC1. The molecule has 1 saturated carbocycles. The standard InChI is InChI=1S/C17H33F2N/c1-3-5-6-7-8-9-16(20-14-4-2)15-10-12-17(18,19)13-11-15/h15-16,20H,3-14H2,1-2H3. The summed E-state index contributed by atoms with van der Waals surface area (Å²) in [6.45, 7) is 5.42. The van der Waals surface area contributed by atoms with Crippen LogP contribution in [0.4, 0.5) is 8.78 Å². The summed E-state index contributed by atoms with van der Waals surface area (Å²) >= 11 is 0. The van der Waals surface area contributed by atoms with Crippen LogP contribution in [-0.2, 0) is 0 Å². The summed E-state index contributed by atoms with van der Waals surface area (Å²) in [6, 6.07) is 0.465. The maximum absolute atomic E-state index is 13.3. The van der Waals surface area contributed by atoms with Gasteiger partial charge >= 0.3 is 0 Å². The molecule has 0 amide bonds. The molecule has 0 aromatic carbocycles. The summed E-state index contributed by atoms with van der Waals surface area (Å²) < 4.78 is 26.5. The minimum atomic E-state index is -2.40. The highest BCUT2D eigenvalue weighted by Crippen LogP contribution is 2.38. The average molecular weight is 289 g/mol. The Balaban J connectivity index is 2.31. The maximum Gasteiger partial charge on any atom is 0.248 e. The highest BCUT2D eigenvalue weighted by Gasteiger charge is 2.37. The molecule has 1 unspecified atom stereocenters. The molecular weight excluding hydrogens is 256 g/mol. The van der Waals surface area contributed by atoms with E-state index in [1.165, 1.54) is 38.5 Å². The Morgan fingerprint density at radius 2 is 1.65 bits per heavy atom. The van der Waals surface area contributed by atoms with Gasteiger partial charge in [0.05, 0.1) is 0 Å². The van der Waals surface area contributed by atoms with Gasteiger partial charge in [-0.15, -0.1) is 0 Å². The van der Waals surface area contributed by atoms with Crippen molar-refractivity contribution < 1.29 is 8.78 Å². The molecule has 1 rings (SSSR count). The molecule has 0 bridgehead atoms. The van der Waals surface area contributed by atoms with Gasteiger partial charge in [-0.1, -0.05) is 46.0 Å².